The van der Waals surface area contributed by atoms with Crippen LogP contribution in [0.2, 0.25) is 0 Å². The number of benzene rings is 1. The second kappa shape index (κ2) is 9.14. The summed E-state index contributed by atoms with van der Waals surface area (Å²) in [6.45, 7) is 5.43. The monoisotopic (exact) mass is 297 g/mol. The number of aryl methyl sites for hydroxylation is 1. The molecule has 4 heteroatoms. The zero-order valence-electron chi connectivity index (χ0n) is 12.7. The van der Waals surface area contributed by atoms with Gasteiger partial charge in [0.1, 0.15) is 0 Å². The highest BCUT2D eigenvalue weighted by molar-refractivity contribution is 7.89. The third kappa shape index (κ3) is 6.06. The first-order valence-corrected chi connectivity index (χ1v) is 9.22. The lowest BCUT2D eigenvalue weighted by Crippen LogP contribution is -2.34. The van der Waals surface area contributed by atoms with Gasteiger partial charge in [-0.1, -0.05) is 50.6 Å². The van der Waals surface area contributed by atoms with Crippen molar-refractivity contribution in [2.45, 2.75) is 46.0 Å². The van der Waals surface area contributed by atoms with E-state index < -0.39 is 10.0 Å². The number of unbranched alkanes of at least 4 members (excludes halogenated alkanes) is 1. The fourth-order valence-electron chi connectivity index (χ4n) is 2.21. The summed E-state index contributed by atoms with van der Waals surface area (Å²) in [4.78, 5) is 0. The summed E-state index contributed by atoms with van der Waals surface area (Å²) in [5.74, 6) is 0.256. The second-order valence-corrected chi connectivity index (χ2v) is 7.25. The van der Waals surface area contributed by atoms with Crippen LogP contribution in [0.15, 0.2) is 30.3 Å². The van der Waals surface area contributed by atoms with Crippen LogP contribution in [0.3, 0.4) is 0 Å². The Morgan fingerprint density at radius 2 is 1.65 bits per heavy atom. The van der Waals surface area contributed by atoms with E-state index in [2.05, 4.69) is 6.92 Å². The fraction of sp³-hybridized carbons (Fsp3) is 0.625. The quantitative estimate of drug-likeness (QED) is 0.663. The van der Waals surface area contributed by atoms with Crippen molar-refractivity contribution in [1.29, 1.82) is 0 Å². The van der Waals surface area contributed by atoms with Crippen LogP contribution < -0.4 is 0 Å². The lowest BCUT2D eigenvalue weighted by Gasteiger charge is -2.21. The summed E-state index contributed by atoms with van der Waals surface area (Å²) < 4.78 is 26.4. The fourth-order valence-corrected chi connectivity index (χ4v) is 3.84. The molecule has 0 saturated heterocycles. The van der Waals surface area contributed by atoms with Crippen LogP contribution >= 0.6 is 0 Å². The van der Waals surface area contributed by atoms with Crippen LogP contribution in [0, 0.1) is 0 Å². The van der Waals surface area contributed by atoms with Crippen LogP contribution in [-0.2, 0) is 16.4 Å². The molecule has 0 atom stereocenters. The van der Waals surface area contributed by atoms with Gasteiger partial charge in [0.25, 0.3) is 0 Å². The minimum atomic E-state index is -3.09. The van der Waals surface area contributed by atoms with Crippen LogP contribution in [0.5, 0.6) is 0 Å². The highest BCUT2D eigenvalue weighted by atomic mass is 32.2. The van der Waals surface area contributed by atoms with E-state index in [1.54, 1.807) is 4.31 Å². The first kappa shape index (κ1) is 17.2. The summed E-state index contributed by atoms with van der Waals surface area (Å²) in [5.41, 5.74) is 1.21. The molecule has 3 nitrogen and oxygen atoms in total. The predicted octanol–water partition coefficient (Wildman–Crippen LogP) is 3.46. The van der Waals surface area contributed by atoms with Crippen molar-refractivity contribution in [2.75, 3.05) is 18.8 Å². The van der Waals surface area contributed by atoms with Crippen LogP contribution in [-0.4, -0.2) is 31.6 Å². The number of hydrogen-bond acceptors (Lipinski definition) is 2. The Balaban J connectivity index is 2.49. The Morgan fingerprint density at radius 3 is 2.25 bits per heavy atom. The standard InChI is InChI=1S/C16H27NO2S/c1-3-5-14-17(13-4-2)20(18,19)15-9-12-16-10-7-6-8-11-16/h6-8,10-11H,3-5,9,12-15H2,1-2H3. The second-order valence-electron chi connectivity index (χ2n) is 5.16. The molecule has 114 valence electrons. The van der Waals surface area contributed by atoms with Crippen molar-refractivity contribution >= 4 is 10.0 Å². The molecule has 0 radical (unpaired) electrons. The van der Waals surface area contributed by atoms with Gasteiger partial charge in [-0.05, 0) is 31.2 Å². The molecule has 1 aromatic carbocycles. The summed E-state index contributed by atoms with van der Waals surface area (Å²) in [6.07, 6.45) is 4.37. The van der Waals surface area contributed by atoms with Gasteiger partial charge in [-0.15, -0.1) is 0 Å². The first-order chi connectivity index (χ1) is 9.60. The molecular weight excluding hydrogens is 270 g/mol. The molecule has 0 bridgehead atoms. The normalized spacial score (nSPS) is 11.9. The van der Waals surface area contributed by atoms with Gasteiger partial charge in [-0.25, -0.2) is 12.7 Å². The Kier molecular flexibility index (Phi) is 7.85. The molecule has 0 aromatic heterocycles. The average Bonchev–Trinajstić information content (AvgIpc) is 2.44. The summed E-state index contributed by atoms with van der Waals surface area (Å²) in [5, 5.41) is 0. The molecule has 1 aromatic rings. The molecule has 0 N–H and O–H groups in total. The molecule has 0 unspecified atom stereocenters. The number of rotatable bonds is 10. The first-order valence-electron chi connectivity index (χ1n) is 7.62. The Bertz CT molecular complexity index is 457. The van der Waals surface area contributed by atoms with Crippen LogP contribution in [0.4, 0.5) is 0 Å². The SMILES string of the molecule is CCCCN(CCC)S(=O)(=O)CCCc1ccccc1. The molecule has 0 heterocycles. The van der Waals surface area contributed by atoms with Gasteiger partial charge in [0, 0.05) is 13.1 Å². The lowest BCUT2D eigenvalue weighted by atomic mass is 10.1. The van der Waals surface area contributed by atoms with E-state index >= 15 is 0 Å². The van der Waals surface area contributed by atoms with Gasteiger partial charge < -0.3 is 0 Å². The van der Waals surface area contributed by atoms with Crippen molar-refractivity contribution in [3.63, 3.8) is 0 Å². The predicted molar refractivity (Wildman–Crippen MR) is 85.3 cm³/mol. The third-order valence-electron chi connectivity index (χ3n) is 3.34. The Labute approximate surface area is 124 Å². The molecule has 20 heavy (non-hydrogen) atoms. The van der Waals surface area contributed by atoms with E-state index in [4.69, 9.17) is 0 Å². The zero-order valence-corrected chi connectivity index (χ0v) is 13.5. The molecule has 0 aliphatic rings. The number of sulfonamides is 1. The maximum atomic E-state index is 12.3. The molecule has 0 amide bonds. The van der Waals surface area contributed by atoms with E-state index in [0.717, 1.165) is 25.7 Å². The van der Waals surface area contributed by atoms with Crippen molar-refractivity contribution in [1.82, 2.24) is 4.31 Å². The van der Waals surface area contributed by atoms with Gasteiger partial charge in [0.2, 0.25) is 10.0 Å². The maximum Gasteiger partial charge on any atom is 0.214 e. The van der Waals surface area contributed by atoms with E-state index in [-0.39, 0.29) is 5.75 Å². The maximum absolute atomic E-state index is 12.3. The number of hydrogen-bond donors (Lipinski definition) is 0. The summed E-state index contributed by atoms with van der Waals surface area (Å²) >= 11 is 0. The lowest BCUT2D eigenvalue weighted by molar-refractivity contribution is 0.401. The smallest absolute Gasteiger partial charge is 0.212 e. The number of nitrogens with zero attached hydrogens (tertiary/aromatic N) is 1. The van der Waals surface area contributed by atoms with Crippen molar-refractivity contribution in [2.24, 2.45) is 0 Å². The minimum Gasteiger partial charge on any atom is -0.212 e. The van der Waals surface area contributed by atoms with Crippen molar-refractivity contribution < 1.29 is 8.42 Å². The van der Waals surface area contributed by atoms with E-state index in [1.165, 1.54) is 5.56 Å². The van der Waals surface area contributed by atoms with Crippen LogP contribution in [0.25, 0.3) is 0 Å². The molecule has 0 aliphatic carbocycles. The average molecular weight is 297 g/mol. The van der Waals surface area contributed by atoms with Crippen molar-refractivity contribution in [3.8, 4) is 0 Å². The highest BCUT2D eigenvalue weighted by Gasteiger charge is 2.19. The molecule has 0 saturated carbocycles. The zero-order chi connectivity index (χ0) is 14.8. The van der Waals surface area contributed by atoms with E-state index in [1.807, 2.05) is 37.3 Å². The van der Waals surface area contributed by atoms with E-state index in [0.29, 0.717) is 19.5 Å². The summed E-state index contributed by atoms with van der Waals surface area (Å²) in [6, 6.07) is 10.1. The third-order valence-corrected chi connectivity index (χ3v) is 5.29. The largest absolute Gasteiger partial charge is 0.214 e. The summed E-state index contributed by atoms with van der Waals surface area (Å²) in [7, 11) is -3.09. The highest BCUT2D eigenvalue weighted by Crippen LogP contribution is 2.10. The Hall–Kier alpha value is -0.870. The van der Waals surface area contributed by atoms with E-state index in [9.17, 15) is 8.42 Å². The minimum absolute atomic E-state index is 0.256. The van der Waals surface area contributed by atoms with Gasteiger partial charge in [0.05, 0.1) is 5.75 Å². The van der Waals surface area contributed by atoms with Crippen molar-refractivity contribution in [3.05, 3.63) is 35.9 Å². The molecule has 0 fully saturated rings. The van der Waals surface area contributed by atoms with Gasteiger partial charge >= 0.3 is 0 Å². The topological polar surface area (TPSA) is 37.4 Å². The molecule has 0 aliphatic heterocycles. The van der Waals surface area contributed by atoms with Gasteiger partial charge in [-0.2, -0.15) is 0 Å². The Morgan fingerprint density at radius 1 is 0.950 bits per heavy atom. The van der Waals surface area contributed by atoms with Crippen LogP contribution in [0.1, 0.15) is 45.1 Å². The van der Waals surface area contributed by atoms with Gasteiger partial charge in [-0.3, -0.25) is 0 Å². The molecular formula is C16H27NO2S. The van der Waals surface area contributed by atoms with Gasteiger partial charge in [0.15, 0.2) is 0 Å². The molecule has 1 rings (SSSR count). The molecule has 0 spiro atoms.